The summed E-state index contributed by atoms with van der Waals surface area (Å²) in [6.45, 7) is 0. The number of aromatic nitrogens is 3. The summed E-state index contributed by atoms with van der Waals surface area (Å²) in [5.41, 5.74) is 2.22. The molecule has 1 aliphatic rings. The van der Waals surface area contributed by atoms with Gasteiger partial charge in [-0.3, -0.25) is 0 Å². The molecule has 0 radical (unpaired) electrons. The van der Waals surface area contributed by atoms with Crippen molar-refractivity contribution in [2.75, 3.05) is 5.75 Å². The topological polar surface area (TPSA) is 73.3 Å². The number of thioether (sulfide) groups is 1. The Morgan fingerprint density at radius 1 is 1.00 bits per heavy atom. The lowest BCUT2D eigenvalue weighted by atomic mass is 10.1. The Morgan fingerprint density at radius 2 is 1.81 bits per heavy atom. The van der Waals surface area contributed by atoms with Gasteiger partial charge in [-0.1, -0.05) is 60.3 Å². The lowest BCUT2D eigenvalue weighted by Crippen LogP contribution is -2.20. The first-order valence-corrected chi connectivity index (χ1v) is 9.03. The number of nitrogens with zero attached hydrogens (tertiary/aromatic N) is 4. The van der Waals surface area contributed by atoms with Gasteiger partial charge in [-0.25, -0.2) is 4.79 Å². The van der Waals surface area contributed by atoms with Crippen LogP contribution in [0, 0.1) is 0 Å². The van der Waals surface area contributed by atoms with Crippen molar-refractivity contribution in [1.82, 2.24) is 14.9 Å². The zero-order chi connectivity index (χ0) is 17.5. The fourth-order valence-electron chi connectivity index (χ4n) is 2.89. The highest BCUT2D eigenvalue weighted by Crippen LogP contribution is 2.28. The van der Waals surface area contributed by atoms with Crippen molar-refractivity contribution < 1.29 is 4.42 Å². The summed E-state index contributed by atoms with van der Waals surface area (Å²) in [7, 11) is 0. The van der Waals surface area contributed by atoms with Crippen LogP contribution in [0.4, 0.5) is 0 Å². The fraction of sp³-hybridized carbons (Fsp3) is 0.0526. The zero-order valence-corrected chi connectivity index (χ0v) is 14.3. The standard InChI is InChI=1S/C19H12N4O2S/c24-18-14(10-13-8-4-5-9-16(13)25-18)15-11-26-19-21-20-17(23(19)22-15)12-6-2-1-3-7-12/h1-10H,11H2. The monoisotopic (exact) mass is 360 g/mol. The molecule has 7 heteroatoms. The molecule has 0 saturated carbocycles. The minimum atomic E-state index is -0.388. The predicted molar refractivity (Wildman–Crippen MR) is 101 cm³/mol. The molecule has 1 aliphatic heterocycles. The van der Waals surface area contributed by atoms with E-state index in [1.165, 1.54) is 11.8 Å². The van der Waals surface area contributed by atoms with Gasteiger partial charge in [0.15, 0.2) is 5.82 Å². The molecule has 0 spiro atoms. The van der Waals surface area contributed by atoms with Crippen LogP contribution in [0.1, 0.15) is 5.56 Å². The predicted octanol–water partition coefficient (Wildman–Crippen LogP) is 3.41. The van der Waals surface area contributed by atoms with Gasteiger partial charge < -0.3 is 4.42 Å². The lowest BCUT2D eigenvalue weighted by molar-refractivity contribution is 0.559. The van der Waals surface area contributed by atoms with Crippen LogP contribution in [0.25, 0.3) is 22.4 Å². The summed E-state index contributed by atoms with van der Waals surface area (Å²) >= 11 is 1.50. The van der Waals surface area contributed by atoms with Crippen LogP contribution in [-0.2, 0) is 0 Å². The maximum atomic E-state index is 12.4. The third-order valence-electron chi connectivity index (χ3n) is 4.16. The lowest BCUT2D eigenvalue weighted by Gasteiger charge is -2.13. The third-order valence-corrected chi connectivity index (χ3v) is 5.09. The van der Waals surface area contributed by atoms with E-state index in [1.807, 2.05) is 54.6 Å². The summed E-state index contributed by atoms with van der Waals surface area (Å²) in [6.07, 6.45) is 0. The Kier molecular flexibility index (Phi) is 3.46. The van der Waals surface area contributed by atoms with Gasteiger partial charge in [0.05, 0.1) is 11.3 Å². The normalized spacial score (nSPS) is 13.5. The second-order valence-electron chi connectivity index (χ2n) is 5.80. The van der Waals surface area contributed by atoms with Gasteiger partial charge in [0.25, 0.3) is 0 Å². The van der Waals surface area contributed by atoms with Crippen molar-refractivity contribution in [2.24, 2.45) is 5.10 Å². The van der Waals surface area contributed by atoms with Crippen LogP contribution in [0.15, 0.2) is 80.1 Å². The van der Waals surface area contributed by atoms with E-state index in [0.29, 0.717) is 33.6 Å². The first kappa shape index (κ1) is 15.1. The summed E-state index contributed by atoms with van der Waals surface area (Å²) in [4.78, 5) is 12.4. The first-order valence-electron chi connectivity index (χ1n) is 8.04. The molecular weight excluding hydrogens is 348 g/mol. The maximum absolute atomic E-state index is 12.4. The molecule has 0 unspecified atom stereocenters. The number of hydrogen-bond donors (Lipinski definition) is 0. The molecule has 0 bridgehead atoms. The highest BCUT2D eigenvalue weighted by atomic mass is 32.2. The van der Waals surface area contributed by atoms with Crippen molar-refractivity contribution in [2.45, 2.75) is 5.16 Å². The highest BCUT2D eigenvalue weighted by molar-refractivity contribution is 7.99. The Bertz CT molecular complexity index is 1210. The van der Waals surface area contributed by atoms with Gasteiger partial charge >= 0.3 is 5.63 Å². The molecule has 0 aliphatic carbocycles. The van der Waals surface area contributed by atoms with Gasteiger partial charge in [-0.2, -0.15) is 9.78 Å². The van der Waals surface area contributed by atoms with E-state index in [2.05, 4.69) is 15.3 Å². The van der Waals surface area contributed by atoms with E-state index in [-0.39, 0.29) is 5.63 Å². The summed E-state index contributed by atoms with van der Waals surface area (Å²) in [5.74, 6) is 1.19. The van der Waals surface area contributed by atoms with Crippen molar-refractivity contribution in [1.29, 1.82) is 0 Å². The van der Waals surface area contributed by atoms with Gasteiger partial charge in [-0.15, -0.1) is 10.2 Å². The van der Waals surface area contributed by atoms with Gasteiger partial charge in [0.2, 0.25) is 5.16 Å². The molecule has 0 saturated heterocycles. The second kappa shape index (κ2) is 5.96. The Labute approximate surface area is 152 Å². The third kappa shape index (κ3) is 2.44. The average molecular weight is 360 g/mol. The zero-order valence-electron chi connectivity index (χ0n) is 13.5. The molecule has 0 amide bonds. The Hall–Kier alpha value is -3.19. The second-order valence-corrected chi connectivity index (χ2v) is 6.75. The minimum absolute atomic E-state index is 0.388. The molecular formula is C19H12N4O2S. The number of rotatable bonds is 2. The van der Waals surface area contributed by atoms with Gasteiger partial charge in [-0.05, 0) is 12.1 Å². The van der Waals surface area contributed by atoms with Crippen molar-refractivity contribution in [3.05, 3.63) is 76.6 Å². The molecule has 0 atom stereocenters. The van der Waals surface area contributed by atoms with Crippen molar-refractivity contribution in [3.63, 3.8) is 0 Å². The SMILES string of the molecule is O=c1oc2ccccc2cc1C1=Nn2c(nnc2-c2ccccc2)SC1. The maximum Gasteiger partial charge on any atom is 0.345 e. The molecule has 26 heavy (non-hydrogen) atoms. The number of fused-ring (bicyclic) bond motifs is 2. The van der Waals surface area contributed by atoms with Crippen LogP contribution < -0.4 is 5.63 Å². The molecule has 126 valence electrons. The van der Waals surface area contributed by atoms with Crippen molar-refractivity contribution in [3.8, 4) is 11.4 Å². The fourth-order valence-corrected chi connectivity index (χ4v) is 3.72. The van der Waals surface area contributed by atoms with Crippen molar-refractivity contribution >= 4 is 28.4 Å². The molecule has 6 nitrogen and oxygen atoms in total. The molecule has 2 aromatic carbocycles. The summed E-state index contributed by atoms with van der Waals surface area (Å²) < 4.78 is 7.13. The van der Waals surface area contributed by atoms with Gasteiger partial charge in [0.1, 0.15) is 5.58 Å². The van der Waals surface area contributed by atoms with E-state index in [9.17, 15) is 4.79 Å². The van der Waals surface area contributed by atoms with E-state index in [0.717, 1.165) is 10.9 Å². The minimum Gasteiger partial charge on any atom is -0.422 e. The molecule has 0 N–H and O–H groups in total. The van der Waals surface area contributed by atoms with E-state index in [4.69, 9.17) is 4.42 Å². The van der Waals surface area contributed by atoms with Crippen LogP contribution in [0.2, 0.25) is 0 Å². The number of para-hydroxylation sites is 1. The van der Waals surface area contributed by atoms with E-state index >= 15 is 0 Å². The van der Waals surface area contributed by atoms with Crippen LogP contribution in [0.3, 0.4) is 0 Å². The molecule has 2 aromatic heterocycles. The van der Waals surface area contributed by atoms with Crippen LogP contribution >= 0.6 is 11.8 Å². The summed E-state index contributed by atoms with van der Waals surface area (Å²) in [6, 6.07) is 19.0. The highest BCUT2D eigenvalue weighted by Gasteiger charge is 2.22. The van der Waals surface area contributed by atoms with Crippen LogP contribution in [-0.4, -0.2) is 26.3 Å². The van der Waals surface area contributed by atoms with Crippen LogP contribution in [0.5, 0.6) is 0 Å². The Morgan fingerprint density at radius 3 is 2.69 bits per heavy atom. The summed E-state index contributed by atoms with van der Waals surface area (Å²) in [5, 5.41) is 14.7. The molecule has 4 aromatic rings. The largest absolute Gasteiger partial charge is 0.422 e. The number of benzene rings is 2. The molecule has 5 rings (SSSR count). The van der Waals surface area contributed by atoms with E-state index in [1.54, 1.807) is 10.7 Å². The first-order chi connectivity index (χ1) is 12.8. The molecule has 3 heterocycles. The molecule has 0 fully saturated rings. The number of hydrogen-bond acceptors (Lipinski definition) is 6. The Balaban J connectivity index is 1.66. The smallest absolute Gasteiger partial charge is 0.345 e. The van der Waals surface area contributed by atoms with Gasteiger partial charge in [0, 0.05) is 16.7 Å². The van der Waals surface area contributed by atoms with E-state index < -0.39 is 0 Å². The quantitative estimate of drug-likeness (QED) is 0.512. The average Bonchev–Trinajstić information content (AvgIpc) is 3.11.